The van der Waals surface area contributed by atoms with E-state index < -0.39 is 0 Å². The van der Waals surface area contributed by atoms with E-state index in [0.717, 1.165) is 17.3 Å². The van der Waals surface area contributed by atoms with Gasteiger partial charge in [0.15, 0.2) is 18.7 Å². The smallest absolute Gasteiger partial charge is 0.196 e. The van der Waals surface area contributed by atoms with Gasteiger partial charge in [-0.3, -0.25) is 25.0 Å². The van der Waals surface area contributed by atoms with E-state index in [0.29, 0.717) is 59.3 Å². The summed E-state index contributed by atoms with van der Waals surface area (Å²) in [6.45, 7) is 82.4. The first-order valence-electron chi connectivity index (χ1n) is 37.3. The van der Waals surface area contributed by atoms with Crippen molar-refractivity contribution in [2.24, 2.45) is 0 Å². The third-order valence-electron chi connectivity index (χ3n) is 10.5. The molecular weight excluding hydrogens is 1300 g/mol. The number of hydrogen-bond donors (Lipinski definition) is 3. The molecule has 10 aromatic heterocycles. The van der Waals surface area contributed by atoms with Crippen LogP contribution in [-0.2, 0) is 0 Å². The SMILES string of the molecule is CC.CC.CC.CC.CC.CC.CC.CC.CC.CC.CC(C)c1ccn[nH]1.CC(C)c1ccn[nH]1.CC(C)c1cn[nH]c1.CC(C)c1cnco1.CC(C)c1cncs1.CC(C)c1cocn1.CC(C)c1cscn1.CC(C)c1ncco1.CC(C)c1nccs1.CC(C)n1cccn1. The minimum Gasteiger partial charge on any atom is -0.451 e. The topological polar surface area (TPSA) is 221 Å². The Morgan fingerprint density at radius 1 is 0.430 bits per heavy atom. The maximum Gasteiger partial charge on any atom is 0.196 e. The van der Waals surface area contributed by atoms with Gasteiger partial charge in [-0.1, -0.05) is 263 Å². The fourth-order valence-electron chi connectivity index (χ4n) is 5.41. The van der Waals surface area contributed by atoms with Crippen LogP contribution in [0.4, 0.5) is 0 Å². The summed E-state index contributed by atoms with van der Waals surface area (Å²) < 4.78 is 16.6. The number of aromatic amines is 3. The number of rotatable bonds is 10. The van der Waals surface area contributed by atoms with E-state index in [-0.39, 0.29) is 0 Å². The zero-order valence-corrected chi connectivity index (χ0v) is 73.7. The molecule has 0 unspecified atom stereocenters. The average molecular weight is 1460 g/mol. The van der Waals surface area contributed by atoms with Crippen LogP contribution >= 0.6 is 34.0 Å². The molecule has 3 N–H and O–H groups in total. The van der Waals surface area contributed by atoms with E-state index in [2.05, 4.69) is 196 Å². The van der Waals surface area contributed by atoms with Crippen LogP contribution in [0.25, 0.3) is 0 Å². The predicted molar refractivity (Wildman–Crippen MR) is 445 cm³/mol. The third-order valence-corrected chi connectivity index (χ3v) is 13.3. The van der Waals surface area contributed by atoms with Gasteiger partial charge in [0.05, 0.1) is 46.0 Å². The van der Waals surface area contributed by atoms with Gasteiger partial charge in [0, 0.05) is 94.2 Å². The molecule has 0 radical (unpaired) electrons. The summed E-state index contributed by atoms with van der Waals surface area (Å²) in [5, 5.41) is 29.3. The maximum atomic E-state index is 4.98. The van der Waals surface area contributed by atoms with E-state index in [4.69, 9.17) is 13.3 Å². The van der Waals surface area contributed by atoms with Crippen LogP contribution in [0.1, 0.15) is 386 Å². The zero-order chi connectivity index (χ0) is 79.8. The number of nitrogens with one attached hydrogen (secondary N) is 3. The monoisotopic (exact) mass is 1460 g/mol. The first-order chi connectivity index (χ1) is 48.0. The second-order valence-corrected chi connectivity index (χ2v) is 23.5. The van der Waals surface area contributed by atoms with E-state index in [1.54, 1.807) is 77.5 Å². The van der Waals surface area contributed by atoms with Crippen LogP contribution in [0, 0.1) is 0 Å². The Balaban J connectivity index is -0.000000109. The highest BCUT2D eigenvalue weighted by Crippen LogP contribution is 2.18. The molecule has 0 aliphatic rings. The molecule has 17 nitrogen and oxygen atoms in total. The standard InChI is InChI=1S/4C6H10N2.3C6H9NO.3C6H9NS.10C2H6/c1-5(2)6-3-7-8-4-6;1-6(2)8-5-3-4-7-8;2*1-5(2)6-3-4-7-8-6;1-5(2)6-3-8-4-7-6;1-5(2)6-3-7-4-8-6;1-5(2)6-7-3-4-8-6;1-5(2)6-3-8-4-7-6;1-5(2)6-3-7-4-8-6;1-5(2)6-7-3-4-8-6;10*1-2/h3-5H,1-2H3,(H,7,8);3-6H,1-2H3;2*3-5H,1-2H3,(H,7,8);6*3-5H,1-2H3;10*1-2H3. The lowest BCUT2D eigenvalue weighted by Crippen LogP contribution is -1.99. The van der Waals surface area contributed by atoms with Crippen LogP contribution in [0.15, 0.2) is 141 Å². The van der Waals surface area contributed by atoms with Crippen molar-refractivity contribution >= 4 is 34.0 Å². The van der Waals surface area contributed by atoms with E-state index in [1.807, 2.05) is 223 Å². The molecule has 0 aliphatic carbocycles. The van der Waals surface area contributed by atoms with Crippen molar-refractivity contribution in [3.05, 3.63) is 177 Å². The Morgan fingerprint density at radius 2 is 0.960 bits per heavy atom. The summed E-state index contributed by atoms with van der Waals surface area (Å²) in [6.07, 6.45) is 24.4. The number of nitrogens with zero attached hydrogens (tertiary/aromatic N) is 11. The molecular formula is C80H154N14O3S3. The molecule has 100 heavy (non-hydrogen) atoms. The van der Waals surface area contributed by atoms with Gasteiger partial charge >= 0.3 is 0 Å². The highest BCUT2D eigenvalue weighted by Gasteiger charge is 2.03. The number of aromatic nitrogens is 14. The lowest BCUT2D eigenvalue weighted by molar-refractivity contribution is 0.471. The fourth-order valence-corrected chi connectivity index (χ4v) is 7.42. The third kappa shape index (κ3) is 69.8. The number of thiazole rings is 3. The minimum absolute atomic E-state index is 0.407. The quantitative estimate of drug-likeness (QED) is 0.116. The molecule has 0 amide bonds. The molecule has 10 rings (SSSR count). The minimum atomic E-state index is 0.407. The molecule has 0 saturated carbocycles. The van der Waals surface area contributed by atoms with Crippen LogP contribution in [0.3, 0.4) is 0 Å². The van der Waals surface area contributed by atoms with Gasteiger partial charge in [-0.25, -0.2) is 24.9 Å². The number of H-pyrrole nitrogens is 3. The molecule has 0 fully saturated rings. The Hall–Kier alpha value is -6.64. The van der Waals surface area contributed by atoms with Crippen molar-refractivity contribution in [2.75, 3.05) is 0 Å². The molecule has 580 valence electrons. The lowest BCUT2D eigenvalue weighted by atomic mass is 10.1. The average Bonchev–Trinajstić information content (AvgIpc) is 3.90. The van der Waals surface area contributed by atoms with E-state index in [9.17, 15) is 0 Å². The van der Waals surface area contributed by atoms with Gasteiger partial charge in [-0.2, -0.15) is 20.4 Å². The van der Waals surface area contributed by atoms with Gasteiger partial charge in [-0.15, -0.1) is 34.0 Å². The molecule has 0 saturated heterocycles. The Kier molecular flexibility index (Phi) is 101. The second kappa shape index (κ2) is 88.4. The fraction of sp³-hybridized carbons (Fsp3) is 0.625. The highest BCUT2D eigenvalue weighted by molar-refractivity contribution is 7.09. The van der Waals surface area contributed by atoms with E-state index in [1.165, 1.54) is 45.3 Å². The Labute approximate surface area is 627 Å². The second-order valence-electron chi connectivity index (χ2n) is 20.9. The maximum absolute atomic E-state index is 4.98. The molecule has 0 spiro atoms. The van der Waals surface area contributed by atoms with Crippen LogP contribution in [0.2, 0.25) is 0 Å². The largest absolute Gasteiger partial charge is 0.451 e. The molecule has 0 bridgehead atoms. The number of hydrogen-bond acceptors (Lipinski definition) is 16. The van der Waals surface area contributed by atoms with Gasteiger partial charge in [0.25, 0.3) is 0 Å². The Morgan fingerprint density at radius 3 is 1.14 bits per heavy atom. The highest BCUT2D eigenvalue weighted by atomic mass is 32.1. The Bertz CT molecular complexity index is 2080. The van der Waals surface area contributed by atoms with Crippen molar-refractivity contribution < 1.29 is 13.3 Å². The molecule has 0 atom stereocenters. The lowest BCUT2D eigenvalue weighted by Gasteiger charge is -2.01. The first kappa shape index (κ1) is 115. The van der Waals surface area contributed by atoms with Gasteiger partial charge in [-0.05, 0) is 73.1 Å². The van der Waals surface area contributed by atoms with E-state index >= 15 is 0 Å². The summed E-state index contributed by atoms with van der Waals surface area (Å²) >= 11 is 5.10. The summed E-state index contributed by atoms with van der Waals surface area (Å²) in [7, 11) is 0. The summed E-state index contributed by atoms with van der Waals surface area (Å²) in [5.74, 6) is 6.65. The van der Waals surface area contributed by atoms with Crippen LogP contribution in [0.5, 0.6) is 0 Å². The predicted octanol–water partition coefficient (Wildman–Crippen LogP) is 28.5. The molecule has 0 aromatic carbocycles. The van der Waals surface area contributed by atoms with Gasteiger partial charge in [0.2, 0.25) is 0 Å². The van der Waals surface area contributed by atoms with Crippen molar-refractivity contribution in [3.63, 3.8) is 0 Å². The van der Waals surface area contributed by atoms with Crippen LogP contribution in [-0.4, -0.2) is 70.3 Å². The summed E-state index contributed by atoms with van der Waals surface area (Å²) in [4.78, 5) is 25.3. The van der Waals surface area contributed by atoms with Crippen molar-refractivity contribution in [2.45, 2.75) is 336 Å². The van der Waals surface area contributed by atoms with Gasteiger partial charge < -0.3 is 13.3 Å². The first-order valence-corrected chi connectivity index (χ1v) is 40.0. The molecule has 0 aliphatic heterocycles. The zero-order valence-electron chi connectivity index (χ0n) is 71.3. The normalized spacial score (nSPS) is 8.90. The van der Waals surface area contributed by atoms with Crippen LogP contribution < -0.4 is 0 Å². The van der Waals surface area contributed by atoms with Crippen molar-refractivity contribution in [1.29, 1.82) is 0 Å². The molecule has 10 heterocycles. The van der Waals surface area contributed by atoms with Crippen molar-refractivity contribution in [3.8, 4) is 0 Å². The van der Waals surface area contributed by atoms with Gasteiger partial charge in [0.1, 0.15) is 18.3 Å². The summed E-state index contributed by atoms with van der Waals surface area (Å²) in [5.41, 5.74) is 9.63. The summed E-state index contributed by atoms with van der Waals surface area (Å²) in [6, 6.07) is 6.40. The number of oxazole rings is 3. The molecule has 20 heteroatoms. The molecule has 10 aromatic rings. The van der Waals surface area contributed by atoms with Crippen molar-refractivity contribution in [1.82, 2.24) is 70.3 Å².